The van der Waals surface area contributed by atoms with Crippen LogP contribution in [-0.2, 0) is 0 Å². The maximum Gasteiger partial charge on any atom is 0.119 e. The third-order valence-electron chi connectivity index (χ3n) is 3.86. The summed E-state index contributed by atoms with van der Waals surface area (Å²) < 4.78 is 5.98. The van der Waals surface area contributed by atoms with Gasteiger partial charge in [-0.25, -0.2) is 0 Å². The highest BCUT2D eigenvalue weighted by molar-refractivity contribution is 5.69. The van der Waals surface area contributed by atoms with E-state index in [1.807, 2.05) is 12.1 Å². The Hall–Kier alpha value is -2.09. The fraction of sp³-hybridized carbons (Fsp3) is 0.381. The first-order valence-electron chi connectivity index (χ1n) is 8.62. The number of rotatable bonds is 9. The van der Waals surface area contributed by atoms with Crippen LogP contribution in [0.5, 0.6) is 5.75 Å². The van der Waals surface area contributed by atoms with Crippen molar-refractivity contribution >= 4 is 12.2 Å². The highest BCUT2D eigenvalue weighted by Gasteiger charge is 2.03. The Balaban J connectivity index is 1.81. The van der Waals surface area contributed by atoms with Crippen LogP contribution in [0.4, 0.5) is 0 Å². The van der Waals surface area contributed by atoms with E-state index < -0.39 is 0 Å². The summed E-state index contributed by atoms with van der Waals surface area (Å²) in [6.45, 7) is 4.40. The third-order valence-corrected chi connectivity index (χ3v) is 3.86. The second-order valence-electron chi connectivity index (χ2n) is 5.96. The Labute approximate surface area is 140 Å². The summed E-state index contributed by atoms with van der Waals surface area (Å²) in [7, 11) is 0. The van der Waals surface area contributed by atoms with Gasteiger partial charge in [-0.2, -0.15) is 0 Å². The number of ether oxygens (including phenoxy) is 1. The van der Waals surface area contributed by atoms with E-state index in [9.17, 15) is 0 Å². The van der Waals surface area contributed by atoms with Gasteiger partial charge in [0.2, 0.25) is 0 Å². The zero-order valence-corrected chi connectivity index (χ0v) is 14.2. The molecule has 0 radical (unpaired) electrons. The molecule has 0 saturated heterocycles. The van der Waals surface area contributed by atoms with Gasteiger partial charge in [0, 0.05) is 12.4 Å². The van der Waals surface area contributed by atoms with Crippen LogP contribution in [0.3, 0.4) is 0 Å². The molecule has 0 unspecified atom stereocenters. The highest BCUT2D eigenvalue weighted by atomic mass is 16.5. The van der Waals surface area contributed by atoms with E-state index in [4.69, 9.17) is 4.74 Å². The van der Waals surface area contributed by atoms with Crippen LogP contribution in [-0.4, -0.2) is 11.1 Å². The maximum absolute atomic E-state index is 5.98. The lowest BCUT2D eigenvalue weighted by atomic mass is 10.1. The average Bonchev–Trinajstić information content (AvgIpc) is 2.59. The molecular weight excluding hydrogens is 282 g/mol. The Morgan fingerprint density at radius 3 is 2.22 bits per heavy atom. The monoisotopic (exact) mass is 309 g/mol. The first-order chi connectivity index (χ1) is 11.3. The van der Waals surface area contributed by atoms with Gasteiger partial charge in [0.05, 0.1) is 6.10 Å². The molecular formula is C21H27NO. The molecule has 2 rings (SSSR count). The lowest BCUT2D eigenvalue weighted by Crippen LogP contribution is -2.11. The Morgan fingerprint density at radius 2 is 1.57 bits per heavy atom. The molecule has 2 heteroatoms. The summed E-state index contributed by atoms with van der Waals surface area (Å²) in [5.41, 5.74) is 2.32. The molecule has 0 bridgehead atoms. The van der Waals surface area contributed by atoms with E-state index in [2.05, 4.69) is 55.2 Å². The normalized spacial score (nSPS) is 12.4. The molecule has 1 atom stereocenters. The van der Waals surface area contributed by atoms with Gasteiger partial charge in [0.1, 0.15) is 5.75 Å². The Bertz CT molecular complexity index is 575. The van der Waals surface area contributed by atoms with Crippen LogP contribution in [0.25, 0.3) is 12.2 Å². The zero-order valence-electron chi connectivity index (χ0n) is 14.2. The first-order valence-corrected chi connectivity index (χ1v) is 8.62. The molecule has 0 aliphatic heterocycles. The number of benzene rings is 1. The lowest BCUT2D eigenvalue weighted by Gasteiger charge is -2.14. The summed E-state index contributed by atoms with van der Waals surface area (Å²) in [5, 5.41) is 0. The summed E-state index contributed by atoms with van der Waals surface area (Å²) in [6.07, 6.45) is 14.4. The van der Waals surface area contributed by atoms with E-state index in [0.717, 1.165) is 17.7 Å². The van der Waals surface area contributed by atoms with Crippen molar-refractivity contribution in [3.05, 3.63) is 59.9 Å². The molecule has 0 spiro atoms. The fourth-order valence-electron chi connectivity index (χ4n) is 2.47. The molecule has 2 nitrogen and oxygen atoms in total. The van der Waals surface area contributed by atoms with Crippen molar-refractivity contribution in [3.8, 4) is 5.75 Å². The van der Waals surface area contributed by atoms with Crippen molar-refractivity contribution in [2.24, 2.45) is 0 Å². The Morgan fingerprint density at radius 1 is 0.913 bits per heavy atom. The van der Waals surface area contributed by atoms with Crippen LogP contribution in [0.2, 0.25) is 0 Å². The smallest absolute Gasteiger partial charge is 0.119 e. The molecule has 0 saturated carbocycles. The minimum absolute atomic E-state index is 0.282. The number of hydrogen-bond acceptors (Lipinski definition) is 2. The van der Waals surface area contributed by atoms with Gasteiger partial charge in [0.15, 0.2) is 0 Å². The SMILES string of the molecule is CCCCCC[C@H](C)Oc1ccc(/C=C/c2ccncc2)cc1. The largest absolute Gasteiger partial charge is 0.491 e. The van der Waals surface area contributed by atoms with Gasteiger partial charge in [-0.1, -0.05) is 50.5 Å². The number of pyridine rings is 1. The number of nitrogens with zero attached hydrogens (tertiary/aromatic N) is 1. The summed E-state index contributed by atoms with van der Waals surface area (Å²) in [6, 6.07) is 12.3. The molecule has 23 heavy (non-hydrogen) atoms. The predicted molar refractivity (Wildman–Crippen MR) is 98.5 cm³/mol. The summed E-state index contributed by atoms with van der Waals surface area (Å²) >= 11 is 0. The van der Waals surface area contributed by atoms with Crippen molar-refractivity contribution in [2.45, 2.75) is 52.1 Å². The molecule has 0 aliphatic rings. The van der Waals surface area contributed by atoms with Gasteiger partial charge in [-0.05, 0) is 55.2 Å². The van der Waals surface area contributed by atoms with Gasteiger partial charge in [0.25, 0.3) is 0 Å². The fourth-order valence-corrected chi connectivity index (χ4v) is 2.47. The van der Waals surface area contributed by atoms with Crippen LogP contribution in [0.15, 0.2) is 48.8 Å². The van der Waals surface area contributed by atoms with E-state index in [1.54, 1.807) is 12.4 Å². The second-order valence-corrected chi connectivity index (χ2v) is 5.96. The quantitative estimate of drug-likeness (QED) is 0.531. The standard InChI is InChI=1S/C21H27NO/c1-3-4-5-6-7-18(2)23-21-12-10-19(11-13-21)8-9-20-14-16-22-17-15-20/h8-18H,3-7H2,1-2H3/b9-8+/t18-/m0/s1. The van der Waals surface area contributed by atoms with Crippen LogP contribution < -0.4 is 4.74 Å². The zero-order chi connectivity index (χ0) is 16.3. The van der Waals surface area contributed by atoms with Gasteiger partial charge in [-0.3, -0.25) is 4.98 Å². The van der Waals surface area contributed by atoms with Crippen LogP contribution >= 0.6 is 0 Å². The summed E-state index contributed by atoms with van der Waals surface area (Å²) in [5.74, 6) is 0.953. The average molecular weight is 309 g/mol. The van der Waals surface area contributed by atoms with Crippen molar-refractivity contribution in [2.75, 3.05) is 0 Å². The third kappa shape index (κ3) is 6.68. The van der Waals surface area contributed by atoms with Gasteiger partial charge >= 0.3 is 0 Å². The van der Waals surface area contributed by atoms with Crippen LogP contribution in [0.1, 0.15) is 57.1 Å². The maximum atomic E-state index is 5.98. The minimum Gasteiger partial charge on any atom is -0.491 e. The summed E-state index contributed by atoms with van der Waals surface area (Å²) in [4.78, 5) is 4.02. The minimum atomic E-state index is 0.282. The number of aromatic nitrogens is 1. The van der Waals surface area contributed by atoms with Crippen molar-refractivity contribution < 1.29 is 4.74 Å². The topological polar surface area (TPSA) is 22.1 Å². The van der Waals surface area contributed by atoms with E-state index in [1.165, 1.54) is 31.2 Å². The molecule has 0 fully saturated rings. The van der Waals surface area contributed by atoms with Gasteiger partial charge in [-0.15, -0.1) is 0 Å². The van der Waals surface area contributed by atoms with Crippen LogP contribution in [0, 0.1) is 0 Å². The van der Waals surface area contributed by atoms with E-state index in [-0.39, 0.29) is 6.10 Å². The molecule has 0 amide bonds. The molecule has 1 aromatic heterocycles. The predicted octanol–water partition coefficient (Wildman–Crippen LogP) is 5.99. The van der Waals surface area contributed by atoms with E-state index in [0.29, 0.717) is 0 Å². The van der Waals surface area contributed by atoms with E-state index >= 15 is 0 Å². The molecule has 0 N–H and O–H groups in total. The first kappa shape index (κ1) is 17.3. The highest BCUT2D eigenvalue weighted by Crippen LogP contribution is 2.17. The molecule has 0 aliphatic carbocycles. The van der Waals surface area contributed by atoms with Crippen molar-refractivity contribution in [1.82, 2.24) is 4.98 Å². The number of unbranched alkanes of at least 4 members (excludes halogenated alkanes) is 3. The molecule has 1 aromatic carbocycles. The molecule has 1 heterocycles. The molecule has 2 aromatic rings. The lowest BCUT2D eigenvalue weighted by molar-refractivity contribution is 0.206. The Kier molecular flexibility index (Phi) is 7.38. The molecule has 122 valence electrons. The van der Waals surface area contributed by atoms with Crippen molar-refractivity contribution in [1.29, 1.82) is 0 Å². The second kappa shape index (κ2) is 9.83. The number of hydrogen-bond donors (Lipinski definition) is 0. The van der Waals surface area contributed by atoms with Gasteiger partial charge < -0.3 is 4.74 Å². The van der Waals surface area contributed by atoms with Crippen molar-refractivity contribution in [3.63, 3.8) is 0 Å².